The second kappa shape index (κ2) is 3.88. The lowest BCUT2D eigenvalue weighted by Crippen LogP contribution is -2.13. The molecule has 0 saturated heterocycles. The molecule has 0 aromatic carbocycles. The normalized spacial score (nSPS) is 13.4. The monoisotopic (exact) mass is 169 g/mol. The topological polar surface area (TPSA) is 12.0 Å². The lowest BCUT2D eigenvalue weighted by Gasteiger charge is -2.06. The molecule has 0 aliphatic rings. The van der Waals surface area contributed by atoms with Crippen molar-refractivity contribution in [2.75, 3.05) is 13.6 Å². The molecule has 0 aliphatic heterocycles. The van der Waals surface area contributed by atoms with Crippen LogP contribution in [0.1, 0.15) is 22.6 Å². The van der Waals surface area contributed by atoms with Crippen molar-refractivity contribution in [3.8, 4) is 0 Å². The molecule has 1 heterocycles. The predicted octanol–water partition coefficient (Wildman–Crippen LogP) is 2.38. The van der Waals surface area contributed by atoms with Crippen LogP contribution in [-0.2, 0) is 0 Å². The number of nitrogens with one attached hydrogen (secondary N) is 1. The van der Waals surface area contributed by atoms with Crippen LogP contribution in [0.15, 0.2) is 12.1 Å². The molecule has 0 fully saturated rings. The summed E-state index contributed by atoms with van der Waals surface area (Å²) in [6, 6.07) is 4.41. The quantitative estimate of drug-likeness (QED) is 0.732. The van der Waals surface area contributed by atoms with Crippen molar-refractivity contribution in [3.05, 3.63) is 21.9 Å². The second-order valence-corrected chi connectivity index (χ2v) is 4.23. The van der Waals surface area contributed by atoms with Gasteiger partial charge in [-0.3, -0.25) is 0 Å². The Labute approximate surface area is 72.4 Å². The van der Waals surface area contributed by atoms with E-state index in [0.717, 1.165) is 6.54 Å². The van der Waals surface area contributed by atoms with Crippen LogP contribution in [0.25, 0.3) is 0 Å². The molecule has 0 bridgehead atoms. The molecule has 2 heteroatoms. The van der Waals surface area contributed by atoms with Crippen molar-refractivity contribution in [1.29, 1.82) is 0 Å². The maximum atomic E-state index is 3.18. The van der Waals surface area contributed by atoms with Crippen molar-refractivity contribution in [2.24, 2.45) is 0 Å². The van der Waals surface area contributed by atoms with Gasteiger partial charge in [0.15, 0.2) is 0 Å². The van der Waals surface area contributed by atoms with Gasteiger partial charge in [-0.2, -0.15) is 0 Å². The zero-order valence-corrected chi connectivity index (χ0v) is 8.16. The van der Waals surface area contributed by atoms with Gasteiger partial charge in [-0.1, -0.05) is 6.92 Å². The minimum atomic E-state index is 0.652. The zero-order valence-electron chi connectivity index (χ0n) is 7.35. The third-order valence-electron chi connectivity index (χ3n) is 1.76. The van der Waals surface area contributed by atoms with E-state index in [0.29, 0.717) is 5.92 Å². The number of hydrogen-bond acceptors (Lipinski definition) is 2. The van der Waals surface area contributed by atoms with E-state index in [2.05, 4.69) is 31.3 Å². The number of rotatable bonds is 3. The minimum Gasteiger partial charge on any atom is -0.319 e. The number of likely N-dealkylation sites (N-methyl/N-ethyl adjacent to an activating group) is 1. The standard InChI is InChI=1S/C9H15NS/c1-7(6-10-3)9-5-4-8(2)11-9/h4-5,7,10H,6H2,1-3H3. The van der Waals surface area contributed by atoms with Crippen molar-refractivity contribution in [2.45, 2.75) is 19.8 Å². The molecular formula is C9H15NS. The Balaban J connectivity index is 2.60. The largest absolute Gasteiger partial charge is 0.319 e. The highest BCUT2D eigenvalue weighted by Crippen LogP contribution is 2.23. The van der Waals surface area contributed by atoms with Gasteiger partial charge in [0.05, 0.1) is 0 Å². The molecule has 0 spiro atoms. The Bertz CT molecular complexity index is 217. The first-order valence-electron chi connectivity index (χ1n) is 3.95. The van der Waals surface area contributed by atoms with Crippen LogP contribution >= 0.6 is 11.3 Å². The molecule has 0 radical (unpaired) electrons. The SMILES string of the molecule is CNCC(C)c1ccc(C)s1. The summed E-state index contributed by atoms with van der Waals surface area (Å²) < 4.78 is 0. The molecule has 1 unspecified atom stereocenters. The van der Waals surface area contributed by atoms with Crippen molar-refractivity contribution < 1.29 is 0 Å². The Kier molecular flexibility index (Phi) is 3.09. The van der Waals surface area contributed by atoms with Crippen LogP contribution in [0.5, 0.6) is 0 Å². The molecule has 1 aromatic heterocycles. The summed E-state index contributed by atoms with van der Waals surface area (Å²) in [5.41, 5.74) is 0. The molecule has 0 aliphatic carbocycles. The van der Waals surface area contributed by atoms with E-state index >= 15 is 0 Å². The molecule has 1 nitrogen and oxygen atoms in total. The Morgan fingerprint density at radius 2 is 2.27 bits per heavy atom. The van der Waals surface area contributed by atoms with Gasteiger partial charge in [0, 0.05) is 22.2 Å². The van der Waals surface area contributed by atoms with E-state index in [-0.39, 0.29) is 0 Å². The molecule has 1 atom stereocenters. The first-order valence-corrected chi connectivity index (χ1v) is 4.76. The van der Waals surface area contributed by atoms with Crippen LogP contribution in [0.3, 0.4) is 0 Å². The molecular weight excluding hydrogens is 154 g/mol. The van der Waals surface area contributed by atoms with Gasteiger partial charge >= 0.3 is 0 Å². The Morgan fingerprint density at radius 3 is 2.73 bits per heavy atom. The molecule has 11 heavy (non-hydrogen) atoms. The third-order valence-corrected chi connectivity index (χ3v) is 2.99. The number of thiophene rings is 1. The zero-order chi connectivity index (χ0) is 8.27. The molecule has 1 aromatic rings. The second-order valence-electron chi connectivity index (χ2n) is 2.91. The molecule has 1 rings (SSSR count). The minimum absolute atomic E-state index is 0.652. The predicted molar refractivity (Wildman–Crippen MR) is 51.4 cm³/mol. The fourth-order valence-electron chi connectivity index (χ4n) is 1.13. The highest BCUT2D eigenvalue weighted by atomic mass is 32.1. The summed E-state index contributed by atoms with van der Waals surface area (Å²) in [6.45, 7) is 5.47. The summed E-state index contributed by atoms with van der Waals surface area (Å²) in [5.74, 6) is 0.652. The summed E-state index contributed by atoms with van der Waals surface area (Å²) in [4.78, 5) is 2.89. The van der Waals surface area contributed by atoms with E-state index in [9.17, 15) is 0 Å². The first-order chi connectivity index (χ1) is 5.24. The molecule has 1 N–H and O–H groups in total. The Hall–Kier alpha value is -0.340. The van der Waals surface area contributed by atoms with Crippen LogP contribution in [0, 0.1) is 6.92 Å². The maximum absolute atomic E-state index is 3.18. The van der Waals surface area contributed by atoms with E-state index in [1.807, 2.05) is 18.4 Å². The van der Waals surface area contributed by atoms with Crippen molar-refractivity contribution >= 4 is 11.3 Å². The number of hydrogen-bond donors (Lipinski definition) is 1. The lowest BCUT2D eigenvalue weighted by molar-refractivity contribution is 0.687. The van der Waals surface area contributed by atoms with E-state index in [1.165, 1.54) is 9.75 Å². The van der Waals surface area contributed by atoms with Crippen LogP contribution in [0.2, 0.25) is 0 Å². The first kappa shape index (κ1) is 8.75. The van der Waals surface area contributed by atoms with E-state index in [4.69, 9.17) is 0 Å². The maximum Gasteiger partial charge on any atom is 0.00889 e. The van der Waals surface area contributed by atoms with Crippen molar-refractivity contribution in [3.63, 3.8) is 0 Å². The highest BCUT2D eigenvalue weighted by molar-refractivity contribution is 7.12. The van der Waals surface area contributed by atoms with Gasteiger partial charge in [0.1, 0.15) is 0 Å². The van der Waals surface area contributed by atoms with Crippen LogP contribution in [-0.4, -0.2) is 13.6 Å². The van der Waals surface area contributed by atoms with Gasteiger partial charge in [0.2, 0.25) is 0 Å². The fraction of sp³-hybridized carbons (Fsp3) is 0.556. The van der Waals surface area contributed by atoms with Gasteiger partial charge in [-0.15, -0.1) is 11.3 Å². The Morgan fingerprint density at radius 1 is 1.55 bits per heavy atom. The van der Waals surface area contributed by atoms with Gasteiger partial charge in [-0.05, 0) is 26.1 Å². The smallest absolute Gasteiger partial charge is 0.00889 e. The lowest BCUT2D eigenvalue weighted by atomic mass is 10.1. The summed E-state index contributed by atoms with van der Waals surface area (Å²) >= 11 is 1.90. The highest BCUT2D eigenvalue weighted by Gasteiger charge is 2.05. The van der Waals surface area contributed by atoms with E-state index in [1.54, 1.807) is 0 Å². The summed E-state index contributed by atoms with van der Waals surface area (Å²) in [6.07, 6.45) is 0. The molecule has 62 valence electrons. The average Bonchev–Trinajstić information content (AvgIpc) is 2.36. The van der Waals surface area contributed by atoms with Crippen molar-refractivity contribution in [1.82, 2.24) is 5.32 Å². The average molecular weight is 169 g/mol. The van der Waals surface area contributed by atoms with Crippen LogP contribution < -0.4 is 5.32 Å². The van der Waals surface area contributed by atoms with Crippen LogP contribution in [0.4, 0.5) is 0 Å². The van der Waals surface area contributed by atoms with Gasteiger partial charge < -0.3 is 5.32 Å². The fourth-order valence-corrected chi connectivity index (χ4v) is 2.05. The number of aryl methyl sites for hydroxylation is 1. The third kappa shape index (κ3) is 2.31. The van der Waals surface area contributed by atoms with Gasteiger partial charge in [0.25, 0.3) is 0 Å². The summed E-state index contributed by atoms with van der Waals surface area (Å²) in [5, 5.41) is 3.18. The molecule has 0 amide bonds. The van der Waals surface area contributed by atoms with Gasteiger partial charge in [-0.25, -0.2) is 0 Å². The van der Waals surface area contributed by atoms with E-state index < -0.39 is 0 Å². The summed E-state index contributed by atoms with van der Waals surface area (Å²) in [7, 11) is 2.00. The molecule has 0 saturated carbocycles.